The van der Waals surface area contributed by atoms with Gasteiger partial charge in [-0.1, -0.05) is 23.4 Å². The third kappa shape index (κ3) is 7.03. The van der Waals surface area contributed by atoms with Crippen molar-refractivity contribution in [3.63, 3.8) is 0 Å². The number of ether oxygens (including phenoxy) is 1. The number of halogens is 3. The minimum absolute atomic E-state index is 0.113. The second kappa shape index (κ2) is 12.3. The fourth-order valence-corrected chi connectivity index (χ4v) is 4.16. The highest BCUT2D eigenvalue weighted by Gasteiger charge is 2.38. The molecular formula is C27H29F3N4O6. The van der Waals surface area contributed by atoms with Crippen LogP contribution in [0.2, 0.25) is 0 Å². The summed E-state index contributed by atoms with van der Waals surface area (Å²) in [5, 5.41) is 28.6. The Morgan fingerprint density at radius 3 is 2.40 bits per heavy atom. The Morgan fingerprint density at radius 2 is 1.80 bits per heavy atom. The van der Waals surface area contributed by atoms with Crippen molar-refractivity contribution in [1.82, 2.24) is 10.5 Å². The van der Waals surface area contributed by atoms with E-state index >= 15 is 0 Å². The van der Waals surface area contributed by atoms with Gasteiger partial charge in [0.2, 0.25) is 5.91 Å². The number of rotatable bonds is 6. The predicted octanol–water partition coefficient (Wildman–Crippen LogP) is 4.65. The number of benzene rings is 2. The van der Waals surface area contributed by atoms with Crippen molar-refractivity contribution in [3.8, 4) is 33.9 Å². The van der Waals surface area contributed by atoms with Crippen molar-refractivity contribution < 1.29 is 42.2 Å². The van der Waals surface area contributed by atoms with Crippen LogP contribution in [0.5, 0.6) is 11.5 Å². The van der Waals surface area contributed by atoms with Gasteiger partial charge in [-0.25, -0.2) is 4.79 Å². The molecule has 40 heavy (non-hydrogen) atoms. The molecule has 4 N–H and O–H groups in total. The molecule has 1 aliphatic carbocycles. The molecule has 13 heteroatoms. The zero-order chi connectivity index (χ0) is 28.9. The van der Waals surface area contributed by atoms with Crippen LogP contribution in [-0.2, 0) is 9.59 Å². The zero-order valence-electron chi connectivity index (χ0n) is 21.6. The summed E-state index contributed by atoms with van der Waals surface area (Å²) in [5.74, 6) is -0.903. The van der Waals surface area contributed by atoms with Gasteiger partial charge in [-0.2, -0.15) is 13.2 Å². The molecular weight excluding hydrogens is 533 g/mol. The van der Waals surface area contributed by atoms with E-state index in [9.17, 15) is 23.1 Å². The molecule has 0 radical (unpaired) electrons. The SMILES string of the molecule is CC(=O)Nc1ccc(-c2cccc(-c3cc(N4CCNCC4)no3)c2O)cc1OC1CCC1.O=C(O)C(F)(F)F. The number of carbonyl (C=O) groups excluding carboxylic acids is 1. The Labute approximate surface area is 227 Å². The molecule has 1 aromatic heterocycles. The van der Waals surface area contributed by atoms with Crippen LogP contribution in [0, 0.1) is 0 Å². The largest absolute Gasteiger partial charge is 0.507 e. The van der Waals surface area contributed by atoms with Crippen LogP contribution in [0.25, 0.3) is 22.5 Å². The number of carboxylic acid groups (broad SMARTS) is 1. The number of aromatic hydroxyl groups is 1. The maximum absolute atomic E-state index is 11.6. The second-order valence-electron chi connectivity index (χ2n) is 9.35. The minimum atomic E-state index is -5.08. The number of phenols is 1. The first-order valence-corrected chi connectivity index (χ1v) is 12.7. The maximum Gasteiger partial charge on any atom is 0.490 e. The Hall–Kier alpha value is -4.26. The molecule has 5 rings (SSSR count). The topological polar surface area (TPSA) is 137 Å². The fraction of sp³-hybridized carbons (Fsp3) is 0.370. The molecule has 214 valence electrons. The normalized spacial score (nSPS) is 15.4. The van der Waals surface area contributed by atoms with Gasteiger partial charge in [-0.3, -0.25) is 4.79 Å². The lowest BCUT2D eigenvalue weighted by Crippen LogP contribution is -2.43. The summed E-state index contributed by atoms with van der Waals surface area (Å²) in [6, 6.07) is 13.0. The highest BCUT2D eigenvalue weighted by atomic mass is 19.4. The molecule has 2 aromatic carbocycles. The number of carbonyl (C=O) groups is 2. The number of hydrogen-bond acceptors (Lipinski definition) is 8. The first-order chi connectivity index (χ1) is 19.0. The number of phenolic OH excluding ortho intramolecular Hbond substituents is 1. The number of para-hydroxylation sites is 1. The van der Waals surface area contributed by atoms with Gasteiger partial charge in [-0.05, 0) is 43.0 Å². The van der Waals surface area contributed by atoms with Crippen LogP contribution in [0.1, 0.15) is 26.2 Å². The van der Waals surface area contributed by atoms with E-state index in [1.54, 1.807) is 0 Å². The van der Waals surface area contributed by atoms with Gasteiger partial charge in [0.1, 0.15) is 11.5 Å². The van der Waals surface area contributed by atoms with Gasteiger partial charge in [0, 0.05) is 44.7 Å². The molecule has 1 aliphatic heterocycles. The third-order valence-corrected chi connectivity index (χ3v) is 6.43. The van der Waals surface area contributed by atoms with Gasteiger partial charge in [-0.15, -0.1) is 0 Å². The summed E-state index contributed by atoms with van der Waals surface area (Å²) < 4.78 is 43.5. The molecule has 0 unspecified atom stereocenters. The minimum Gasteiger partial charge on any atom is -0.507 e. The van der Waals surface area contributed by atoms with Crippen LogP contribution >= 0.6 is 0 Å². The number of aromatic nitrogens is 1. The van der Waals surface area contributed by atoms with Crippen LogP contribution in [0.4, 0.5) is 24.7 Å². The van der Waals surface area contributed by atoms with E-state index in [-0.39, 0.29) is 17.8 Å². The molecule has 1 amide bonds. The Morgan fingerprint density at radius 1 is 1.12 bits per heavy atom. The van der Waals surface area contributed by atoms with Gasteiger partial charge < -0.3 is 35.0 Å². The number of carboxylic acids is 1. The maximum atomic E-state index is 11.6. The molecule has 3 aromatic rings. The van der Waals surface area contributed by atoms with E-state index in [4.69, 9.17) is 19.2 Å². The molecule has 2 heterocycles. The molecule has 2 aliphatic rings. The lowest BCUT2D eigenvalue weighted by molar-refractivity contribution is -0.192. The molecule has 1 saturated carbocycles. The van der Waals surface area contributed by atoms with Crippen LogP contribution in [0.15, 0.2) is 47.0 Å². The van der Waals surface area contributed by atoms with E-state index in [1.807, 2.05) is 42.5 Å². The van der Waals surface area contributed by atoms with Crippen molar-refractivity contribution in [1.29, 1.82) is 0 Å². The number of piperazine rings is 1. The lowest BCUT2D eigenvalue weighted by atomic mass is 9.96. The van der Waals surface area contributed by atoms with Crippen LogP contribution in [0.3, 0.4) is 0 Å². The summed E-state index contributed by atoms with van der Waals surface area (Å²) in [5.41, 5.74) is 2.65. The first-order valence-electron chi connectivity index (χ1n) is 12.7. The summed E-state index contributed by atoms with van der Waals surface area (Å²) in [7, 11) is 0. The summed E-state index contributed by atoms with van der Waals surface area (Å²) in [6.45, 7) is 5.01. The standard InChI is InChI=1S/C25H28N4O4.C2HF3O2/c1-16(30)27-21-9-8-17(14-23(21)32-18-4-2-5-18)19-6-3-7-20(25(19)31)22-15-24(28-33-22)29-12-10-26-11-13-29;3-2(4,5)1(6)7/h3,6-9,14-15,18,26,31H,2,4-5,10-13H2,1H3,(H,27,30);(H,6,7). The lowest BCUT2D eigenvalue weighted by Gasteiger charge is -2.27. The van der Waals surface area contributed by atoms with Gasteiger partial charge >= 0.3 is 12.1 Å². The van der Waals surface area contributed by atoms with Crippen LogP contribution in [-0.4, -0.2) is 65.7 Å². The van der Waals surface area contributed by atoms with Gasteiger partial charge in [0.15, 0.2) is 11.6 Å². The summed E-state index contributed by atoms with van der Waals surface area (Å²) >= 11 is 0. The van der Waals surface area contributed by atoms with E-state index in [0.717, 1.165) is 56.8 Å². The van der Waals surface area contributed by atoms with Crippen molar-refractivity contribution in [2.24, 2.45) is 0 Å². The number of aliphatic carboxylic acids is 1. The third-order valence-electron chi connectivity index (χ3n) is 6.43. The summed E-state index contributed by atoms with van der Waals surface area (Å²) in [6.07, 6.45) is -1.77. The average molecular weight is 563 g/mol. The molecule has 2 fully saturated rings. The Bertz CT molecular complexity index is 1350. The number of hydrogen-bond donors (Lipinski definition) is 4. The second-order valence-corrected chi connectivity index (χ2v) is 9.35. The Balaban J connectivity index is 0.000000470. The van der Waals surface area contributed by atoms with E-state index in [0.29, 0.717) is 28.3 Å². The predicted molar refractivity (Wildman–Crippen MR) is 140 cm³/mol. The van der Waals surface area contributed by atoms with E-state index < -0.39 is 12.1 Å². The molecule has 10 nitrogen and oxygen atoms in total. The Kier molecular flexibility index (Phi) is 8.83. The van der Waals surface area contributed by atoms with Crippen molar-refractivity contribution in [3.05, 3.63) is 42.5 Å². The molecule has 1 saturated heterocycles. The highest BCUT2D eigenvalue weighted by molar-refractivity contribution is 5.91. The number of alkyl halides is 3. The number of nitrogens with zero attached hydrogens (tertiary/aromatic N) is 2. The number of amides is 1. The zero-order valence-corrected chi connectivity index (χ0v) is 21.6. The summed E-state index contributed by atoms with van der Waals surface area (Å²) in [4.78, 5) is 22.7. The fourth-order valence-electron chi connectivity index (χ4n) is 4.16. The quantitative estimate of drug-likeness (QED) is 0.338. The monoisotopic (exact) mass is 562 g/mol. The van der Waals surface area contributed by atoms with Crippen molar-refractivity contribution >= 4 is 23.4 Å². The van der Waals surface area contributed by atoms with E-state index in [2.05, 4.69) is 20.7 Å². The molecule has 0 spiro atoms. The van der Waals surface area contributed by atoms with Crippen molar-refractivity contribution in [2.75, 3.05) is 36.4 Å². The molecule has 0 atom stereocenters. The van der Waals surface area contributed by atoms with Crippen LogP contribution < -0.4 is 20.3 Å². The van der Waals surface area contributed by atoms with Crippen molar-refractivity contribution in [2.45, 2.75) is 38.5 Å². The van der Waals surface area contributed by atoms with Gasteiger partial charge in [0.05, 0.1) is 17.4 Å². The highest BCUT2D eigenvalue weighted by Crippen LogP contribution is 2.41. The smallest absolute Gasteiger partial charge is 0.490 e. The average Bonchev–Trinajstić information content (AvgIpc) is 3.37. The molecule has 0 bridgehead atoms. The number of anilines is 2. The number of nitrogens with one attached hydrogen (secondary N) is 2. The first kappa shape index (κ1) is 28.7. The van der Waals surface area contributed by atoms with E-state index in [1.165, 1.54) is 6.92 Å². The van der Waals surface area contributed by atoms with Gasteiger partial charge in [0.25, 0.3) is 0 Å².